The Morgan fingerprint density at radius 2 is 2.11 bits per heavy atom. The molecule has 2 N–H and O–H groups in total. The summed E-state index contributed by atoms with van der Waals surface area (Å²) in [5.74, 6) is 1.27. The highest BCUT2D eigenvalue weighted by molar-refractivity contribution is 5.82. The molecule has 0 spiro atoms. The van der Waals surface area contributed by atoms with Crippen LogP contribution in [-0.2, 0) is 4.79 Å². The largest absolute Gasteiger partial charge is 0.350 e. The number of piperidine rings is 1. The van der Waals surface area contributed by atoms with Crippen LogP contribution in [0.5, 0.6) is 0 Å². The lowest BCUT2D eigenvalue weighted by molar-refractivity contribution is -0.125. The van der Waals surface area contributed by atoms with E-state index in [-0.39, 0.29) is 18.0 Å². The van der Waals surface area contributed by atoms with Gasteiger partial charge in [0.1, 0.15) is 0 Å². The highest BCUT2D eigenvalue weighted by Gasteiger charge is 2.27. The average Bonchev–Trinajstić information content (AvgIpc) is 2.27. The van der Waals surface area contributed by atoms with E-state index in [0.29, 0.717) is 11.8 Å². The second-order valence-corrected chi connectivity index (χ2v) is 6.26. The minimum atomic E-state index is -0.00263. The van der Waals surface area contributed by atoms with Crippen molar-refractivity contribution in [3.8, 4) is 0 Å². The third kappa shape index (κ3) is 4.94. The lowest BCUT2D eigenvalue weighted by atomic mass is 9.93. The summed E-state index contributed by atoms with van der Waals surface area (Å²) in [6, 6.07) is 0.226. The fourth-order valence-corrected chi connectivity index (χ4v) is 2.41. The van der Waals surface area contributed by atoms with E-state index < -0.39 is 0 Å². The Kier molecular flexibility index (Phi) is 6.09. The molecule has 3 atom stereocenters. The van der Waals surface area contributed by atoms with Crippen molar-refractivity contribution in [3.05, 3.63) is 0 Å². The van der Waals surface area contributed by atoms with E-state index in [9.17, 15) is 4.79 Å². The van der Waals surface area contributed by atoms with Crippen LogP contribution in [0.15, 0.2) is 0 Å². The Morgan fingerprint density at radius 1 is 1.44 bits per heavy atom. The van der Waals surface area contributed by atoms with Gasteiger partial charge < -0.3 is 15.5 Å². The van der Waals surface area contributed by atoms with Gasteiger partial charge in [-0.2, -0.15) is 0 Å². The molecule has 1 amide bonds. The van der Waals surface area contributed by atoms with Gasteiger partial charge in [0.15, 0.2) is 0 Å². The monoisotopic (exact) mass is 255 g/mol. The lowest BCUT2D eigenvalue weighted by Crippen LogP contribution is -2.54. The summed E-state index contributed by atoms with van der Waals surface area (Å²) >= 11 is 0. The molecule has 0 aromatic carbocycles. The van der Waals surface area contributed by atoms with Crippen molar-refractivity contribution in [2.24, 2.45) is 11.8 Å². The van der Waals surface area contributed by atoms with Crippen molar-refractivity contribution < 1.29 is 4.79 Å². The first-order chi connectivity index (χ1) is 8.40. The molecule has 106 valence electrons. The van der Waals surface area contributed by atoms with Crippen molar-refractivity contribution in [2.45, 2.75) is 45.7 Å². The van der Waals surface area contributed by atoms with Crippen molar-refractivity contribution in [1.82, 2.24) is 15.5 Å². The van der Waals surface area contributed by atoms with Crippen molar-refractivity contribution in [1.29, 1.82) is 0 Å². The van der Waals surface area contributed by atoms with Gasteiger partial charge in [0.25, 0.3) is 0 Å². The Morgan fingerprint density at radius 3 is 2.61 bits per heavy atom. The molecule has 3 unspecified atom stereocenters. The zero-order chi connectivity index (χ0) is 13.7. The van der Waals surface area contributed by atoms with Crippen LogP contribution >= 0.6 is 0 Å². The highest BCUT2D eigenvalue weighted by Crippen LogP contribution is 2.15. The van der Waals surface area contributed by atoms with Crippen LogP contribution in [0, 0.1) is 11.8 Å². The van der Waals surface area contributed by atoms with Gasteiger partial charge >= 0.3 is 0 Å². The van der Waals surface area contributed by atoms with Gasteiger partial charge in [0.2, 0.25) is 5.91 Å². The number of likely N-dealkylation sites (N-methyl/N-ethyl adjacent to an activating group) is 1. The minimum absolute atomic E-state index is 0.00263. The van der Waals surface area contributed by atoms with Gasteiger partial charge in [-0.25, -0.2) is 0 Å². The summed E-state index contributed by atoms with van der Waals surface area (Å²) in [5.41, 5.74) is 0. The molecule has 0 aliphatic carbocycles. The zero-order valence-electron chi connectivity index (χ0n) is 12.5. The van der Waals surface area contributed by atoms with E-state index in [0.717, 1.165) is 19.5 Å². The third-order valence-electron chi connectivity index (χ3n) is 3.68. The molecule has 18 heavy (non-hydrogen) atoms. The highest BCUT2D eigenvalue weighted by atomic mass is 16.2. The Bertz CT molecular complexity index is 266. The summed E-state index contributed by atoms with van der Waals surface area (Å²) in [5, 5.41) is 6.52. The SMILES string of the molecule is CC1CCNC(C(=O)NC(CN(C)C)C(C)C)C1. The second-order valence-electron chi connectivity index (χ2n) is 6.26. The van der Waals surface area contributed by atoms with E-state index in [1.54, 1.807) is 0 Å². The molecule has 1 heterocycles. The van der Waals surface area contributed by atoms with Crippen LogP contribution < -0.4 is 10.6 Å². The van der Waals surface area contributed by atoms with Gasteiger partial charge in [-0.05, 0) is 45.3 Å². The molecule has 1 rings (SSSR count). The molecule has 0 saturated carbocycles. The summed E-state index contributed by atoms with van der Waals surface area (Å²) in [6.07, 6.45) is 2.13. The number of nitrogens with zero attached hydrogens (tertiary/aromatic N) is 1. The van der Waals surface area contributed by atoms with E-state index in [1.807, 2.05) is 14.1 Å². The molecule has 0 aromatic heterocycles. The van der Waals surface area contributed by atoms with E-state index >= 15 is 0 Å². The summed E-state index contributed by atoms with van der Waals surface area (Å²) < 4.78 is 0. The molecule has 1 fully saturated rings. The van der Waals surface area contributed by atoms with Crippen molar-refractivity contribution in [3.63, 3.8) is 0 Å². The molecular formula is C14H29N3O. The topological polar surface area (TPSA) is 44.4 Å². The molecule has 0 bridgehead atoms. The fraction of sp³-hybridized carbons (Fsp3) is 0.929. The van der Waals surface area contributed by atoms with Crippen LogP contribution in [0.4, 0.5) is 0 Å². The summed E-state index contributed by atoms with van der Waals surface area (Å²) in [6.45, 7) is 8.39. The molecule has 4 heteroatoms. The van der Waals surface area contributed by atoms with Crippen LogP contribution in [0.2, 0.25) is 0 Å². The number of hydrogen-bond donors (Lipinski definition) is 2. The van der Waals surface area contributed by atoms with Crippen LogP contribution in [0.1, 0.15) is 33.6 Å². The van der Waals surface area contributed by atoms with Crippen LogP contribution in [0.25, 0.3) is 0 Å². The molecule has 1 aliphatic rings. The first kappa shape index (κ1) is 15.4. The maximum atomic E-state index is 12.2. The van der Waals surface area contributed by atoms with Gasteiger partial charge in [0.05, 0.1) is 6.04 Å². The summed E-state index contributed by atoms with van der Waals surface area (Å²) in [4.78, 5) is 14.4. The maximum absolute atomic E-state index is 12.2. The number of rotatable bonds is 5. The Hall–Kier alpha value is -0.610. The number of carbonyl (C=O) groups excluding carboxylic acids is 1. The summed E-state index contributed by atoms with van der Waals surface area (Å²) in [7, 11) is 4.09. The van der Waals surface area contributed by atoms with E-state index in [4.69, 9.17) is 0 Å². The zero-order valence-corrected chi connectivity index (χ0v) is 12.5. The Balaban J connectivity index is 2.49. The number of amides is 1. The molecule has 4 nitrogen and oxygen atoms in total. The van der Waals surface area contributed by atoms with Gasteiger partial charge in [0, 0.05) is 12.6 Å². The normalized spacial score (nSPS) is 26.4. The maximum Gasteiger partial charge on any atom is 0.237 e. The fourth-order valence-electron chi connectivity index (χ4n) is 2.41. The van der Waals surface area contributed by atoms with Crippen LogP contribution in [0.3, 0.4) is 0 Å². The molecule has 0 radical (unpaired) electrons. The number of hydrogen-bond acceptors (Lipinski definition) is 3. The predicted octanol–water partition coefficient (Wildman–Crippen LogP) is 1.08. The molecule has 0 aromatic rings. The van der Waals surface area contributed by atoms with Crippen LogP contribution in [-0.4, -0.2) is 50.1 Å². The van der Waals surface area contributed by atoms with E-state index in [1.165, 1.54) is 6.42 Å². The van der Waals surface area contributed by atoms with Gasteiger partial charge in [-0.1, -0.05) is 20.8 Å². The average molecular weight is 255 g/mol. The standard InChI is InChI=1S/C14H29N3O/c1-10(2)13(9-17(4)5)16-14(18)12-8-11(3)6-7-15-12/h10-13,15H,6-9H2,1-5H3,(H,16,18). The van der Waals surface area contributed by atoms with Gasteiger partial charge in [-0.3, -0.25) is 4.79 Å². The lowest BCUT2D eigenvalue weighted by Gasteiger charge is -2.31. The predicted molar refractivity (Wildman–Crippen MR) is 75.5 cm³/mol. The first-order valence-electron chi connectivity index (χ1n) is 7.08. The minimum Gasteiger partial charge on any atom is -0.350 e. The molecular weight excluding hydrogens is 226 g/mol. The van der Waals surface area contributed by atoms with Crippen molar-refractivity contribution in [2.75, 3.05) is 27.2 Å². The van der Waals surface area contributed by atoms with Crippen molar-refractivity contribution >= 4 is 5.91 Å². The molecule has 1 aliphatic heterocycles. The smallest absolute Gasteiger partial charge is 0.237 e. The number of nitrogens with one attached hydrogen (secondary N) is 2. The van der Waals surface area contributed by atoms with Gasteiger partial charge in [-0.15, -0.1) is 0 Å². The quantitative estimate of drug-likeness (QED) is 0.772. The second kappa shape index (κ2) is 7.10. The number of carbonyl (C=O) groups is 1. The Labute approximate surface area is 111 Å². The molecule has 1 saturated heterocycles. The van der Waals surface area contributed by atoms with E-state index in [2.05, 4.69) is 36.3 Å². The third-order valence-corrected chi connectivity index (χ3v) is 3.68. The first-order valence-corrected chi connectivity index (χ1v) is 7.08.